The zero-order valence-electron chi connectivity index (χ0n) is 9.75. The summed E-state index contributed by atoms with van der Waals surface area (Å²) in [4.78, 5) is 15.5. The van der Waals surface area contributed by atoms with E-state index in [1.54, 1.807) is 19.2 Å². The van der Waals surface area contributed by atoms with Crippen LogP contribution in [0.3, 0.4) is 0 Å². The number of halogens is 1. The fourth-order valence-corrected chi connectivity index (χ4v) is 1.58. The second kappa shape index (κ2) is 6.98. The van der Waals surface area contributed by atoms with Crippen molar-refractivity contribution < 1.29 is 14.4 Å². The molecule has 0 fully saturated rings. The number of carbonyl (C=O) groups excluding carboxylic acids is 1. The van der Waals surface area contributed by atoms with Crippen molar-refractivity contribution in [2.75, 3.05) is 20.8 Å². The molecule has 0 aliphatic heterocycles. The summed E-state index contributed by atoms with van der Waals surface area (Å²) in [5.74, 6) is 0.753. The van der Waals surface area contributed by atoms with E-state index in [0.29, 0.717) is 18.0 Å². The largest absolute Gasteiger partial charge is 0.496 e. The molecular weight excluding hydrogens is 244 g/mol. The summed E-state index contributed by atoms with van der Waals surface area (Å²) in [5, 5.41) is 3.27. The van der Waals surface area contributed by atoms with Crippen molar-refractivity contribution in [3.63, 3.8) is 0 Å². The lowest BCUT2D eigenvalue weighted by Crippen LogP contribution is -2.35. The van der Waals surface area contributed by atoms with E-state index in [1.165, 1.54) is 7.11 Å². The van der Waals surface area contributed by atoms with Gasteiger partial charge in [0.1, 0.15) is 5.75 Å². The average molecular weight is 259 g/mol. The Balaban J connectivity index is 2.50. The molecule has 1 aromatic carbocycles. The minimum Gasteiger partial charge on any atom is -0.496 e. The lowest BCUT2D eigenvalue weighted by Gasteiger charge is -2.09. The Labute approximate surface area is 105 Å². The molecule has 1 aromatic rings. The molecule has 0 heterocycles. The second-order valence-electron chi connectivity index (χ2n) is 3.27. The van der Waals surface area contributed by atoms with Crippen LogP contribution in [-0.4, -0.2) is 26.8 Å². The number of benzene rings is 1. The fraction of sp³-hybridized carbons (Fsp3) is 0.364. The zero-order valence-corrected chi connectivity index (χ0v) is 10.5. The van der Waals surface area contributed by atoms with Gasteiger partial charge in [0, 0.05) is 11.6 Å². The number of hydrogen-bond donors (Lipinski definition) is 2. The van der Waals surface area contributed by atoms with E-state index >= 15 is 0 Å². The van der Waals surface area contributed by atoms with E-state index in [2.05, 4.69) is 15.6 Å². The quantitative estimate of drug-likeness (QED) is 0.791. The number of urea groups is 1. The minimum absolute atomic E-state index is 0.381. The smallest absolute Gasteiger partial charge is 0.338 e. The maximum atomic E-state index is 11.1. The number of hydrogen-bond acceptors (Lipinski definition) is 3. The van der Waals surface area contributed by atoms with Crippen molar-refractivity contribution in [1.29, 1.82) is 0 Å². The van der Waals surface area contributed by atoms with Crippen LogP contribution < -0.4 is 15.5 Å². The number of ether oxygens (including phenoxy) is 1. The number of rotatable bonds is 5. The molecule has 0 bridgehead atoms. The van der Waals surface area contributed by atoms with Gasteiger partial charge in [-0.15, -0.1) is 0 Å². The minimum atomic E-state index is -0.381. The van der Waals surface area contributed by atoms with Gasteiger partial charge in [-0.3, -0.25) is 4.84 Å². The predicted molar refractivity (Wildman–Crippen MR) is 65.3 cm³/mol. The van der Waals surface area contributed by atoms with Gasteiger partial charge in [0.05, 0.1) is 14.2 Å². The van der Waals surface area contributed by atoms with Crippen LogP contribution in [0.15, 0.2) is 18.2 Å². The van der Waals surface area contributed by atoms with Gasteiger partial charge in [-0.05, 0) is 30.2 Å². The monoisotopic (exact) mass is 258 g/mol. The van der Waals surface area contributed by atoms with E-state index in [0.717, 1.165) is 11.3 Å². The van der Waals surface area contributed by atoms with Crippen LogP contribution in [0.4, 0.5) is 4.79 Å². The zero-order chi connectivity index (χ0) is 12.7. The number of amides is 2. The fourth-order valence-electron chi connectivity index (χ4n) is 1.38. The van der Waals surface area contributed by atoms with Crippen LogP contribution >= 0.6 is 11.6 Å². The first kappa shape index (κ1) is 13.6. The Morgan fingerprint density at radius 1 is 1.41 bits per heavy atom. The molecule has 0 aliphatic carbocycles. The highest BCUT2D eigenvalue weighted by molar-refractivity contribution is 6.30. The lowest BCUT2D eigenvalue weighted by molar-refractivity contribution is 0.107. The van der Waals surface area contributed by atoms with Crippen molar-refractivity contribution in [3.05, 3.63) is 28.8 Å². The molecule has 1 rings (SSSR count). The SMILES string of the molecule is CONC(=O)NCCc1cc(Cl)ccc1OC. The van der Waals surface area contributed by atoms with Gasteiger partial charge in [0.25, 0.3) is 0 Å². The molecule has 0 saturated carbocycles. The van der Waals surface area contributed by atoms with E-state index in [-0.39, 0.29) is 6.03 Å². The molecule has 17 heavy (non-hydrogen) atoms. The molecule has 0 atom stereocenters. The van der Waals surface area contributed by atoms with Crippen LogP contribution in [0, 0.1) is 0 Å². The molecular formula is C11H15ClN2O3. The van der Waals surface area contributed by atoms with Gasteiger partial charge >= 0.3 is 6.03 Å². The molecule has 0 radical (unpaired) electrons. The first-order valence-corrected chi connectivity index (χ1v) is 5.44. The maximum Gasteiger partial charge on any atom is 0.338 e. The van der Waals surface area contributed by atoms with Crippen LogP contribution in [0.1, 0.15) is 5.56 Å². The number of carbonyl (C=O) groups is 1. The van der Waals surface area contributed by atoms with E-state index < -0.39 is 0 Å². The molecule has 6 heteroatoms. The van der Waals surface area contributed by atoms with E-state index in [9.17, 15) is 4.79 Å². The highest BCUT2D eigenvalue weighted by Crippen LogP contribution is 2.22. The highest BCUT2D eigenvalue weighted by atomic mass is 35.5. The molecule has 0 spiro atoms. The number of methoxy groups -OCH3 is 1. The van der Waals surface area contributed by atoms with E-state index in [4.69, 9.17) is 16.3 Å². The van der Waals surface area contributed by atoms with Gasteiger partial charge < -0.3 is 10.1 Å². The molecule has 2 amide bonds. The number of nitrogens with one attached hydrogen (secondary N) is 2. The molecule has 5 nitrogen and oxygen atoms in total. The Morgan fingerprint density at radius 3 is 2.82 bits per heavy atom. The summed E-state index contributed by atoms with van der Waals surface area (Å²) in [5.41, 5.74) is 3.11. The Bertz CT molecular complexity index is 385. The van der Waals surface area contributed by atoms with Crippen molar-refractivity contribution in [2.24, 2.45) is 0 Å². The van der Waals surface area contributed by atoms with Crippen LogP contribution in [0.25, 0.3) is 0 Å². The summed E-state index contributed by atoms with van der Waals surface area (Å²) in [6, 6.07) is 4.99. The van der Waals surface area contributed by atoms with Gasteiger partial charge in [-0.1, -0.05) is 11.6 Å². The van der Waals surface area contributed by atoms with Crippen LogP contribution in [0.2, 0.25) is 5.02 Å². The Morgan fingerprint density at radius 2 is 2.18 bits per heavy atom. The summed E-state index contributed by atoms with van der Waals surface area (Å²) in [7, 11) is 2.97. The summed E-state index contributed by atoms with van der Waals surface area (Å²) < 4.78 is 5.19. The first-order valence-electron chi connectivity index (χ1n) is 5.06. The normalized spacial score (nSPS) is 9.82. The van der Waals surface area contributed by atoms with Crippen molar-refractivity contribution in [3.8, 4) is 5.75 Å². The number of hydroxylamine groups is 1. The van der Waals surface area contributed by atoms with Crippen molar-refractivity contribution in [1.82, 2.24) is 10.8 Å². The predicted octanol–water partition coefficient (Wildman–Crippen LogP) is 1.75. The lowest BCUT2D eigenvalue weighted by atomic mass is 10.1. The van der Waals surface area contributed by atoms with Crippen molar-refractivity contribution in [2.45, 2.75) is 6.42 Å². The van der Waals surface area contributed by atoms with Gasteiger partial charge in [0.2, 0.25) is 0 Å². The van der Waals surface area contributed by atoms with Gasteiger partial charge in [0.15, 0.2) is 0 Å². The van der Waals surface area contributed by atoms with E-state index in [1.807, 2.05) is 6.07 Å². The Kier molecular flexibility index (Phi) is 5.59. The molecule has 0 saturated heterocycles. The standard InChI is InChI=1S/C11H15ClN2O3/c1-16-10-4-3-9(12)7-8(10)5-6-13-11(15)14-17-2/h3-4,7H,5-6H2,1-2H3,(H2,13,14,15). The van der Waals surface area contributed by atoms with Gasteiger partial charge in [-0.2, -0.15) is 0 Å². The summed E-state index contributed by atoms with van der Waals surface area (Å²) in [6.45, 7) is 0.464. The molecule has 2 N–H and O–H groups in total. The average Bonchev–Trinajstić information content (AvgIpc) is 2.30. The van der Waals surface area contributed by atoms with Crippen molar-refractivity contribution >= 4 is 17.6 Å². The Hall–Kier alpha value is -1.46. The van der Waals surface area contributed by atoms with Crippen LogP contribution in [0.5, 0.6) is 5.75 Å². The van der Waals surface area contributed by atoms with Gasteiger partial charge in [-0.25, -0.2) is 10.3 Å². The third-order valence-corrected chi connectivity index (χ3v) is 2.35. The third kappa shape index (κ3) is 4.50. The molecule has 0 aromatic heterocycles. The topological polar surface area (TPSA) is 59.6 Å². The first-order chi connectivity index (χ1) is 8.17. The molecule has 94 valence electrons. The maximum absolute atomic E-state index is 11.1. The molecule has 0 aliphatic rings. The second-order valence-corrected chi connectivity index (χ2v) is 3.70. The summed E-state index contributed by atoms with van der Waals surface area (Å²) in [6.07, 6.45) is 0.626. The summed E-state index contributed by atoms with van der Waals surface area (Å²) >= 11 is 5.89. The highest BCUT2D eigenvalue weighted by Gasteiger charge is 2.04. The van der Waals surface area contributed by atoms with Crippen LogP contribution in [-0.2, 0) is 11.3 Å². The molecule has 0 unspecified atom stereocenters. The third-order valence-electron chi connectivity index (χ3n) is 2.12.